The number of fused-ring (bicyclic) bond motifs is 1. The molecule has 0 radical (unpaired) electrons. The predicted molar refractivity (Wildman–Crippen MR) is 135 cm³/mol. The Morgan fingerprint density at radius 3 is 2.47 bits per heavy atom. The lowest BCUT2D eigenvalue weighted by Gasteiger charge is -2.36. The summed E-state index contributed by atoms with van der Waals surface area (Å²) in [7, 11) is 1.70. The van der Waals surface area contributed by atoms with Crippen LogP contribution in [0.1, 0.15) is 49.7 Å². The molecule has 6 nitrogen and oxygen atoms in total. The molecular formula is C27H29N3O3S. The first-order chi connectivity index (χ1) is 16.5. The van der Waals surface area contributed by atoms with Gasteiger partial charge < -0.3 is 9.64 Å². The minimum atomic E-state index is -0.273. The molecule has 0 aliphatic carbocycles. The van der Waals surface area contributed by atoms with Gasteiger partial charge in [-0.1, -0.05) is 24.3 Å². The maximum Gasteiger partial charge on any atom is 0.264 e. The molecule has 0 N–H and O–H groups in total. The number of hydrogen-bond donors (Lipinski definition) is 0. The molecule has 3 heterocycles. The van der Waals surface area contributed by atoms with E-state index in [1.807, 2.05) is 42.6 Å². The molecule has 7 heteroatoms. The van der Waals surface area contributed by atoms with E-state index < -0.39 is 0 Å². The van der Waals surface area contributed by atoms with Gasteiger partial charge in [-0.3, -0.25) is 19.4 Å². The summed E-state index contributed by atoms with van der Waals surface area (Å²) < 4.78 is 5.37. The third-order valence-corrected chi connectivity index (χ3v) is 7.89. The van der Waals surface area contributed by atoms with Gasteiger partial charge in [-0.25, -0.2) is 0 Å². The van der Waals surface area contributed by atoms with Crippen LogP contribution in [-0.4, -0.2) is 54.9 Å². The molecule has 0 spiro atoms. The third-order valence-electron chi connectivity index (χ3n) is 6.84. The van der Waals surface area contributed by atoms with Crippen molar-refractivity contribution < 1.29 is 14.3 Å². The zero-order valence-electron chi connectivity index (χ0n) is 19.8. The molecule has 2 aliphatic rings. The Morgan fingerprint density at radius 1 is 1.00 bits per heavy atom. The highest BCUT2D eigenvalue weighted by Gasteiger charge is 2.41. The van der Waals surface area contributed by atoms with Crippen LogP contribution in [0.3, 0.4) is 0 Å². The average molecular weight is 476 g/mol. The lowest BCUT2D eigenvalue weighted by molar-refractivity contribution is 0.0598. The SMILES string of the molecule is COc1ccc(CN2CCN(c3cccc4c3C(=O)N(C(C)c3cccs3)C4=O)CC2)cc1C. The molecule has 34 heavy (non-hydrogen) atoms. The van der Waals surface area contributed by atoms with E-state index in [-0.39, 0.29) is 17.9 Å². The zero-order valence-corrected chi connectivity index (χ0v) is 20.6. The number of thiophene rings is 1. The predicted octanol–water partition coefficient (Wildman–Crippen LogP) is 4.74. The smallest absolute Gasteiger partial charge is 0.264 e. The number of ether oxygens (including phenoxy) is 1. The average Bonchev–Trinajstić information content (AvgIpc) is 3.47. The van der Waals surface area contributed by atoms with Gasteiger partial charge in [0, 0.05) is 37.6 Å². The van der Waals surface area contributed by atoms with E-state index in [1.165, 1.54) is 10.5 Å². The number of carbonyl (C=O) groups excluding carboxylic acids is 2. The van der Waals surface area contributed by atoms with Crippen LogP contribution in [0.15, 0.2) is 53.9 Å². The quantitative estimate of drug-likeness (QED) is 0.482. The fourth-order valence-electron chi connectivity index (χ4n) is 5.00. The Balaban J connectivity index is 1.30. The number of imide groups is 1. The number of carbonyl (C=O) groups is 2. The van der Waals surface area contributed by atoms with E-state index in [4.69, 9.17) is 4.74 Å². The second-order valence-electron chi connectivity index (χ2n) is 8.94. The first kappa shape index (κ1) is 22.6. The minimum absolute atomic E-state index is 0.187. The maximum absolute atomic E-state index is 13.5. The van der Waals surface area contributed by atoms with Gasteiger partial charge in [0.1, 0.15) is 5.75 Å². The maximum atomic E-state index is 13.5. The molecule has 1 unspecified atom stereocenters. The van der Waals surface area contributed by atoms with Crippen LogP contribution in [0.2, 0.25) is 0 Å². The third kappa shape index (κ3) is 3.99. The number of amides is 2. The number of hydrogen-bond acceptors (Lipinski definition) is 6. The van der Waals surface area contributed by atoms with Crippen molar-refractivity contribution in [3.8, 4) is 5.75 Å². The van der Waals surface area contributed by atoms with Crippen LogP contribution in [0.5, 0.6) is 5.75 Å². The van der Waals surface area contributed by atoms with E-state index >= 15 is 0 Å². The molecule has 2 aromatic carbocycles. The van der Waals surface area contributed by atoms with Gasteiger partial charge in [0.15, 0.2) is 0 Å². The summed E-state index contributed by atoms with van der Waals surface area (Å²) in [6, 6.07) is 15.6. The largest absolute Gasteiger partial charge is 0.496 e. The van der Waals surface area contributed by atoms with Crippen LogP contribution >= 0.6 is 11.3 Å². The Kier molecular flexibility index (Phi) is 6.15. The summed E-state index contributed by atoms with van der Waals surface area (Å²) in [6.07, 6.45) is 0. The second kappa shape index (κ2) is 9.24. The summed E-state index contributed by atoms with van der Waals surface area (Å²) in [4.78, 5) is 33.8. The van der Waals surface area contributed by atoms with E-state index in [0.717, 1.165) is 54.6 Å². The molecule has 1 fully saturated rings. The summed E-state index contributed by atoms with van der Waals surface area (Å²) in [5, 5.41) is 1.97. The topological polar surface area (TPSA) is 53.1 Å². The van der Waals surface area contributed by atoms with Crippen molar-refractivity contribution in [2.45, 2.75) is 26.4 Å². The van der Waals surface area contributed by atoms with Crippen LogP contribution in [0.25, 0.3) is 0 Å². The van der Waals surface area contributed by atoms with Gasteiger partial charge in [-0.2, -0.15) is 0 Å². The molecule has 0 saturated carbocycles. The summed E-state index contributed by atoms with van der Waals surface area (Å²) in [6.45, 7) is 8.29. The molecular weight excluding hydrogens is 446 g/mol. The van der Waals surface area contributed by atoms with Gasteiger partial charge in [-0.05, 0) is 54.6 Å². The van der Waals surface area contributed by atoms with Gasteiger partial charge >= 0.3 is 0 Å². The molecule has 1 saturated heterocycles. The van der Waals surface area contributed by atoms with Crippen molar-refractivity contribution in [2.75, 3.05) is 38.2 Å². The first-order valence-corrected chi connectivity index (χ1v) is 12.5. The highest BCUT2D eigenvalue weighted by Crippen LogP contribution is 2.37. The lowest BCUT2D eigenvalue weighted by atomic mass is 10.1. The van der Waals surface area contributed by atoms with E-state index in [0.29, 0.717) is 11.1 Å². The van der Waals surface area contributed by atoms with Crippen molar-refractivity contribution in [1.82, 2.24) is 9.80 Å². The summed E-state index contributed by atoms with van der Waals surface area (Å²) in [5.74, 6) is 0.525. The molecule has 0 bridgehead atoms. The van der Waals surface area contributed by atoms with Crippen LogP contribution in [-0.2, 0) is 6.54 Å². The van der Waals surface area contributed by atoms with Crippen LogP contribution < -0.4 is 9.64 Å². The molecule has 3 aromatic rings. The Morgan fingerprint density at radius 2 is 1.79 bits per heavy atom. The van der Waals surface area contributed by atoms with E-state index in [1.54, 1.807) is 24.5 Å². The molecule has 1 atom stereocenters. The fourth-order valence-corrected chi connectivity index (χ4v) is 5.77. The van der Waals surface area contributed by atoms with Gasteiger partial charge in [0.05, 0.1) is 30.0 Å². The monoisotopic (exact) mass is 475 g/mol. The lowest BCUT2D eigenvalue weighted by Crippen LogP contribution is -2.46. The fraction of sp³-hybridized carbons (Fsp3) is 0.333. The normalized spacial score (nSPS) is 17.3. The van der Waals surface area contributed by atoms with Crippen LogP contribution in [0, 0.1) is 6.92 Å². The van der Waals surface area contributed by atoms with Crippen molar-refractivity contribution in [2.24, 2.45) is 0 Å². The second-order valence-corrected chi connectivity index (χ2v) is 9.92. The van der Waals surface area contributed by atoms with E-state index in [9.17, 15) is 9.59 Å². The Labute approximate surface area is 204 Å². The number of piperazine rings is 1. The Hall–Kier alpha value is -3.16. The molecule has 2 amide bonds. The highest BCUT2D eigenvalue weighted by atomic mass is 32.1. The molecule has 2 aliphatic heterocycles. The molecule has 5 rings (SSSR count). The molecule has 1 aromatic heterocycles. The number of methoxy groups -OCH3 is 1. The van der Waals surface area contributed by atoms with Crippen molar-refractivity contribution in [1.29, 1.82) is 0 Å². The number of benzene rings is 2. The van der Waals surface area contributed by atoms with Crippen molar-refractivity contribution >= 4 is 28.8 Å². The Bertz CT molecular complexity index is 1220. The van der Waals surface area contributed by atoms with Crippen molar-refractivity contribution in [3.05, 3.63) is 81.0 Å². The van der Waals surface area contributed by atoms with Crippen molar-refractivity contribution in [3.63, 3.8) is 0 Å². The number of nitrogens with zero attached hydrogens (tertiary/aromatic N) is 3. The van der Waals surface area contributed by atoms with Gasteiger partial charge in [0.25, 0.3) is 11.8 Å². The molecule has 176 valence electrons. The number of anilines is 1. The zero-order chi connectivity index (χ0) is 23.8. The van der Waals surface area contributed by atoms with Gasteiger partial charge in [-0.15, -0.1) is 11.3 Å². The number of rotatable bonds is 6. The first-order valence-electron chi connectivity index (χ1n) is 11.6. The standard InChI is InChI=1S/C27H29N3O3S/c1-18-16-20(9-10-23(18)33-3)17-28-11-13-29(14-12-28)22-7-4-6-21-25(22)27(32)30(26(21)31)19(2)24-8-5-15-34-24/h4-10,15-16,19H,11-14,17H2,1-3H3. The van der Waals surface area contributed by atoms with Crippen LogP contribution in [0.4, 0.5) is 5.69 Å². The summed E-state index contributed by atoms with van der Waals surface area (Å²) >= 11 is 1.57. The van der Waals surface area contributed by atoms with Gasteiger partial charge in [0.2, 0.25) is 0 Å². The highest BCUT2D eigenvalue weighted by molar-refractivity contribution is 7.10. The minimum Gasteiger partial charge on any atom is -0.496 e. The number of aryl methyl sites for hydroxylation is 1. The van der Waals surface area contributed by atoms with E-state index in [2.05, 4.69) is 28.9 Å². The summed E-state index contributed by atoms with van der Waals surface area (Å²) in [5.41, 5.74) is 4.35.